The normalized spacial score (nSPS) is 14.6. The third kappa shape index (κ3) is 4.54. The van der Waals surface area contributed by atoms with Gasteiger partial charge in [0.05, 0.1) is 5.69 Å². The van der Waals surface area contributed by atoms with Gasteiger partial charge in [-0.2, -0.15) is 0 Å². The van der Waals surface area contributed by atoms with Crippen molar-refractivity contribution >= 4 is 45.8 Å². The molecule has 1 aliphatic heterocycles. The molecule has 5 rings (SSSR count). The monoisotopic (exact) mass is 483 g/mol. The molecule has 2 heterocycles. The highest BCUT2D eigenvalue weighted by molar-refractivity contribution is 6.08. The van der Waals surface area contributed by atoms with E-state index in [0.29, 0.717) is 33.8 Å². The van der Waals surface area contributed by atoms with Crippen molar-refractivity contribution in [3.63, 3.8) is 0 Å². The summed E-state index contributed by atoms with van der Waals surface area (Å²) < 4.78 is 10.9. The van der Waals surface area contributed by atoms with Crippen molar-refractivity contribution in [2.45, 2.75) is 13.0 Å². The summed E-state index contributed by atoms with van der Waals surface area (Å²) in [6, 6.07) is 21.9. The maximum atomic E-state index is 12.9. The minimum Gasteiger partial charge on any atom is -0.479 e. The van der Waals surface area contributed by atoms with Crippen LogP contribution in [0.15, 0.2) is 88.1 Å². The molecular weight excluding hydrogens is 462 g/mol. The largest absolute Gasteiger partial charge is 0.479 e. The first-order valence-electron chi connectivity index (χ1n) is 11.2. The summed E-state index contributed by atoms with van der Waals surface area (Å²) in [5.74, 6) is -1.07. The Hall–Kier alpha value is -4.92. The van der Waals surface area contributed by atoms with Crippen LogP contribution in [0, 0.1) is 0 Å². The maximum Gasteiger partial charge on any atom is 0.349 e. The van der Waals surface area contributed by atoms with Gasteiger partial charge in [-0.05, 0) is 49.4 Å². The Morgan fingerprint density at radius 1 is 0.889 bits per heavy atom. The number of benzene rings is 3. The number of hydrogen-bond acceptors (Lipinski definition) is 6. The quantitative estimate of drug-likeness (QED) is 0.417. The van der Waals surface area contributed by atoms with E-state index >= 15 is 0 Å². The molecule has 1 unspecified atom stereocenters. The fraction of sp³-hybridized carbons (Fsp3) is 0.111. The van der Waals surface area contributed by atoms with Gasteiger partial charge in [-0.25, -0.2) is 4.79 Å². The number of hydrogen-bond donors (Lipinski definition) is 2. The molecule has 9 nitrogen and oxygen atoms in total. The van der Waals surface area contributed by atoms with Gasteiger partial charge < -0.3 is 19.8 Å². The van der Waals surface area contributed by atoms with Gasteiger partial charge in [0.15, 0.2) is 6.10 Å². The Labute approximate surface area is 205 Å². The van der Waals surface area contributed by atoms with Gasteiger partial charge in [-0.3, -0.25) is 19.3 Å². The molecule has 3 amide bonds. The van der Waals surface area contributed by atoms with Gasteiger partial charge in [-0.1, -0.05) is 36.4 Å². The fourth-order valence-electron chi connectivity index (χ4n) is 3.93. The van der Waals surface area contributed by atoms with E-state index in [1.54, 1.807) is 67.6 Å². The Morgan fingerprint density at radius 3 is 2.44 bits per heavy atom. The lowest BCUT2D eigenvalue weighted by atomic mass is 10.1. The van der Waals surface area contributed by atoms with Gasteiger partial charge in [0.1, 0.15) is 23.4 Å². The number of nitrogens with one attached hydrogen (secondary N) is 2. The van der Waals surface area contributed by atoms with E-state index in [1.807, 2.05) is 6.07 Å². The third-order valence-corrected chi connectivity index (χ3v) is 5.67. The van der Waals surface area contributed by atoms with Crippen LogP contribution in [0.3, 0.4) is 0 Å². The molecule has 0 aliphatic carbocycles. The van der Waals surface area contributed by atoms with Crippen molar-refractivity contribution in [2.75, 3.05) is 22.1 Å². The minimum atomic E-state index is -0.787. The van der Waals surface area contributed by atoms with Crippen LogP contribution in [0.4, 0.5) is 17.1 Å². The van der Waals surface area contributed by atoms with E-state index in [1.165, 1.54) is 17.0 Å². The van der Waals surface area contributed by atoms with Crippen LogP contribution in [0.25, 0.3) is 11.0 Å². The standard InChI is InChI=1S/C27H21N3O6/c1-16-26(33)30(15-24(31)28-18-8-3-2-4-9-18)21-14-19(11-12-23(21)35-16)29-25(32)20-13-17-7-5-6-10-22(17)36-27(20)34/h2-14,16H,15H2,1H3,(H,28,31)(H,29,32). The first kappa shape index (κ1) is 22.9. The van der Waals surface area contributed by atoms with Crippen LogP contribution in [0.1, 0.15) is 17.3 Å². The number of amides is 3. The molecular formula is C27H21N3O6. The number of carbonyl (C=O) groups excluding carboxylic acids is 3. The molecule has 9 heteroatoms. The summed E-state index contributed by atoms with van der Waals surface area (Å²) >= 11 is 0. The van der Waals surface area contributed by atoms with Crippen LogP contribution >= 0.6 is 0 Å². The Balaban J connectivity index is 1.40. The SMILES string of the molecule is CC1Oc2ccc(NC(=O)c3cc4ccccc4oc3=O)cc2N(CC(=O)Nc2ccccc2)C1=O. The summed E-state index contributed by atoms with van der Waals surface area (Å²) in [5.41, 5.74) is 0.686. The average Bonchev–Trinajstić information content (AvgIpc) is 2.87. The lowest BCUT2D eigenvalue weighted by Crippen LogP contribution is -2.47. The van der Waals surface area contributed by atoms with E-state index in [4.69, 9.17) is 9.15 Å². The number of rotatable bonds is 5. The molecule has 36 heavy (non-hydrogen) atoms. The topological polar surface area (TPSA) is 118 Å². The van der Waals surface area contributed by atoms with E-state index in [-0.39, 0.29) is 12.1 Å². The summed E-state index contributed by atoms with van der Waals surface area (Å²) in [7, 11) is 0. The van der Waals surface area contributed by atoms with Gasteiger partial charge in [-0.15, -0.1) is 0 Å². The molecule has 180 valence electrons. The van der Waals surface area contributed by atoms with Crippen molar-refractivity contribution in [1.82, 2.24) is 0 Å². The Bertz CT molecular complexity index is 1550. The second-order valence-corrected chi connectivity index (χ2v) is 8.22. The molecule has 1 aromatic heterocycles. The highest BCUT2D eigenvalue weighted by Gasteiger charge is 2.33. The molecule has 1 atom stereocenters. The number of fused-ring (bicyclic) bond motifs is 2. The van der Waals surface area contributed by atoms with Gasteiger partial charge in [0, 0.05) is 16.8 Å². The summed E-state index contributed by atoms with van der Waals surface area (Å²) in [6.07, 6.45) is -0.787. The Morgan fingerprint density at radius 2 is 1.64 bits per heavy atom. The van der Waals surface area contributed by atoms with E-state index < -0.39 is 29.5 Å². The molecule has 0 saturated carbocycles. The summed E-state index contributed by atoms with van der Waals surface area (Å²) in [5, 5.41) is 6.02. The Kier molecular flexibility index (Phi) is 5.95. The first-order chi connectivity index (χ1) is 17.4. The molecule has 0 saturated heterocycles. The summed E-state index contributed by atoms with van der Waals surface area (Å²) in [6.45, 7) is 1.35. The zero-order valence-electron chi connectivity index (χ0n) is 19.2. The molecule has 4 aromatic rings. The van der Waals surface area contributed by atoms with Crippen LogP contribution in [0.2, 0.25) is 0 Å². The minimum absolute atomic E-state index is 0.161. The second-order valence-electron chi connectivity index (χ2n) is 8.22. The number of carbonyl (C=O) groups is 3. The molecule has 0 fully saturated rings. The van der Waals surface area contributed by atoms with Crippen molar-refractivity contribution in [1.29, 1.82) is 0 Å². The van der Waals surface area contributed by atoms with Crippen LogP contribution < -0.4 is 25.9 Å². The summed E-state index contributed by atoms with van der Waals surface area (Å²) in [4.78, 5) is 52.1. The van der Waals surface area contributed by atoms with Gasteiger partial charge in [0.2, 0.25) is 5.91 Å². The lowest BCUT2D eigenvalue weighted by molar-refractivity contribution is -0.127. The third-order valence-electron chi connectivity index (χ3n) is 5.67. The molecule has 0 bridgehead atoms. The maximum absolute atomic E-state index is 12.9. The van der Waals surface area contributed by atoms with Crippen molar-refractivity contribution in [3.05, 3.63) is 94.8 Å². The van der Waals surface area contributed by atoms with Gasteiger partial charge >= 0.3 is 5.63 Å². The van der Waals surface area contributed by atoms with Crippen LogP contribution in [0.5, 0.6) is 5.75 Å². The molecule has 0 radical (unpaired) electrons. The fourth-order valence-corrected chi connectivity index (χ4v) is 3.93. The average molecular weight is 483 g/mol. The zero-order chi connectivity index (χ0) is 25.2. The van der Waals surface area contributed by atoms with Crippen molar-refractivity contribution < 1.29 is 23.5 Å². The lowest BCUT2D eigenvalue weighted by Gasteiger charge is -2.33. The second kappa shape index (κ2) is 9.38. The van der Waals surface area contributed by atoms with E-state index in [9.17, 15) is 19.2 Å². The first-order valence-corrected chi connectivity index (χ1v) is 11.2. The van der Waals surface area contributed by atoms with E-state index in [0.717, 1.165) is 0 Å². The smallest absolute Gasteiger partial charge is 0.349 e. The molecule has 0 spiro atoms. The highest BCUT2D eigenvalue weighted by Crippen LogP contribution is 2.36. The number of anilines is 3. The molecule has 2 N–H and O–H groups in total. The van der Waals surface area contributed by atoms with Crippen molar-refractivity contribution in [2.24, 2.45) is 0 Å². The predicted octanol–water partition coefficient (Wildman–Crippen LogP) is 3.80. The number of nitrogens with zero attached hydrogens (tertiary/aromatic N) is 1. The van der Waals surface area contributed by atoms with Gasteiger partial charge in [0.25, 0.3) is 11.8 Å². The van der Waals surface area contributed by atoms with Crippen LogP contribution in [-0.4, -0.2) is 30.4 Å². The predicted molar refractivity (Wildman–Crippen MR) is 134 cm³/mol. The number of para-hydroxylation sites is 2. The number of ether oxygens (including phenoxy) is 1. The highest BCUT2D eigenvalue weighted by atomic mass is 16.5. The molecule has 3 aromatic carbocycles. The van der Waals surface area contributed by atoms with Crippen molar-refractivity contribution in [3.8, 4) is 5.75 Å². The van der Waals surface area contributed by atoms with E-state index in [2.05, 4.69) is 10.6 Å². The molecule has 1 aliphatic rings. The zero-order valence-corrected chi connectivity index (χ0v) is 19.2. The van der Waals surface area contributed by atoms with Crippen LogP contribution in [-0.2, 0) is 9.59 Å².